The fraction of sp³-hybridized carbons (Fsp3) is 0.600. The lowest BCUT2D eigenvalue weighted by atomic mass is 9.92. The standard InChI is InChI=1S/C20H28N6O4S/c1-13-10-16(27)24-18-17(13)20(22-12-21-18)25-6-4-15(5-7-25)19-23-14(2)11-26(19)8-9-30-31(3,28)29/h11-13,15H,4-10H2,1-3H3,(H,21,22,24,27). The molecule has 2 aliphatic rings. The van der Waals surface area contributed by atoms with Crippen LogP contribution in [0.4, 0.5) is 11.6 Å². The van der Waals surface area contributed by atoms with Crippen molar-refractivity contribution in [2.24, 2.45) is 0 Å². The second-order valence-electron chi connectivity index (χ2n) is 8.33. The van der Waals surface area contributed by atoms with Crippen molar-refractivity contribution in [3.05, 3.63) is 29.6 Å². The third-order valence-corrected chi connectivity index (χ3v) is 6.42. The number of aryl methyl sites for hydroxylation is 1. The van der Waals surface area contributed by atoms with Gasteiger partial charge in [-0.15, -0.1) is 0 Å². The monoisotopic (exact) mass is 448 g/mol. The molecular weight excluding hydrogens is 420 g/mol. The smallest absolute Gasteiger partial charge is 0.264 e. The molecule has 1 amide bonds. The van der Waals surface area contributed by atoms with Gasteiger partial charge in [0, 0.05) is 43.7 Å². The van der Waals surface area contributed by atoms with Crippen LogP contribution in [0.1, 0.15) is 55.1 Å². The average Bonchev–Trinajstić information content (AvgIpc) is 3.07. The lowest BCUT2D eigenvalue weighted by Gasteiger charge is -2.35. The van der Waals surface area contributed by atoms with E-state index in [-0.39, 0.29) is 24.3 Å². The predicted molar refractivity (Wildman–Crippen MR) is 116 cm³/mol. The molecule has 0 bridgehead atoms. The summed E-state index contributed by atoms with van der Waals surface area (Å²) in [6.45, 7) is 6.16. The fourth-order valence-electron chi connectivity index (χ4n) is 4.46. The molecule has 4 rings (SSSR count). The molecule has 1 unspecified atom stereocenters. The first kappa shape index (κ1) is 21.7. The van der Waals surface area contributed by atoms with E-state index in [1.54, 1.807) is 0 Å². The van der Waals surface area contributed by atoms with Crippen LogP contribution >= 0.6 is 0 Å². The molecule has 1 atom stereocenters. The molecule has 1 saturated heterocycles. The quantitative estimate of drug-likeness (QED) is 0.664. The molecule has 10 nitrogen and oxygen atoms in total. The van der Waals surface area contributed by atoms with Crippen molar-refractivity contribution in [3.63, 3.8) is 0 Å². The molecule has 0 radical (unpaired) electrons. The molecule has 31 heavy (non-hydrogen) atoms. The average molecular weight is 449 g/mol. The number of carbonyl (C=O) groups excluding carboxylic acids is 1. The van der Waals surface area contributed by atoms with E-state index in [4.69, 9.17) is 9.17 Å². The van der Waals surface area contributed by atoms with E-state index < -0.39 is 10.1 Å². The van der Waals surface area contributed by atoms with Crippen LogP contribution in [0.15, 0.2) is 12.5 Å². The Morgan fingerprint density at radius 3 is 2.71 bits per heavy atom. The van der Waals surface area contributed by atoms with Crippen LogP contribution < -0.4 is 10.2 Å². The fourth-order valence-corrected chi connectivity index (χ4v) is 4.84. The summed E-state index contributed by atoms with van der Waals surface area (Å²) in [5.74, 6) is 2.84. The van der Waals surface area contributed by atoms with Gasteiger partial charge in [-0.05, 0) is 25.7 Å². The first-order valence-electron chi connectivity index (χ1n) is 10.5. The minimum atomic E-state index is -3.46. The van der Waals surface area contributed by atoms with Crippen molar-refractivity contribution in [2.45, 2.75) is 51.5 Å². The van der Waals surface area contributed by atoms with Gasteiger partial charge in [-0.3, -0.25) is 8.98 Å². The minimum absolute atomic E-state index is 0.00887. The van der Waals surface area contributed by atoms with E-state index in [9.17, 15) is 13.2 Å². The van der Waals surface area contributed by atoms with E-state index >= 15 is 0 Å². The van der Waals surface area contributed by atoms with Gasteiger partial charge in [-0.1, -0.05) is 6.92 Å². The maximum atomic E-state index is 11.9. The van der Waals surface area contributed by atoms with Gasteiger partial charge in [-0.2, -0.15) is 8.42 Å². The lowest BCUT2D eigenvalue weighted by molar-refractivity contribution is -0.116. The number of fused-ring (bicyclic) bond motifs is 1. The number of aromatic nitrogens is 4. The molecule has 11 heteroatoms. The van der Waals surface area contributed by atoms with Crippen LogP contribution in [0.2, 0.25) is 0 Å². The Hall–Kier alpha value is -2.53. The normalized spacial score (nSPS) is 19.9. The first-order valence-corrected chi connectivity index (χ1v) is 12.3. The van der Waals surface area contributed by atoms with Crippen molar-refractivity contribution in [1.29, 1.82) is 0 Å². The number of imidazole rings is 1. The van der Waals surface area contributed by atoms with E-state index in [1.165, 1.54) is 6.33 Å². The summed E-state index contributed by atoms with van der Waals surface area (Å²) >= 11 is 0. The Labute approximate surface area is 182 Å². The number of carbonyl (C=O) groups is 1. The van der Waals surface area contributed by atoms with Gasteiger partial charge in [0.15, 0.2) is 0 Å². The highest BCUT2D eigenvalue weighted by atomic mass is 32.2. The molecule has 2 aromatic rings. The zero-order chi connectivity index (χ0) is 22.2. The third kappa shape index (κ3) is 4.87. The van der Waals surface area contributed by atoms with Crippen LogP contribution in [-0.2, 0) is 25.6 Å². The number of anilines is 2. The second-order valence-corrected chi connectivity index (χ2v) is 9.98. The number of nitrogens with one attached hydrogen (secondary N) is 1. The highest BCUT2D eigenvalue weighted by molar-refractivity contribution is 7.85. The molecule has 1 N–H and O–H groups in total. The number of amides is 1. The van der Waals surface area contributed by atoms with Gasteiger partial charge in [-0.25, -0.2) is 15.0 Å². The topological polar surface area (TPSA) is 119 Å². The van der Waals surface area contributed by atoms with Gasteiger partial charge in [0.1, 0.15) is 23.8 Å². The molecule has 0 aliphatic carbocycles. The van der Waals surface area contributed by atoms with E-state index in [0.717, 1.165) is 55.1 Å². The molecule has 0 aromatic carbocycles. The van der Waals surface area contributed by atoms with Crippen LogP contribution in [0, 0.1) is 6.92 Å². The molecule has 4 heterocycles. The molecular formula is C20H28N6O4S. The van der Waals surface area contributed by atoms with Gasteiger partial charge in [0.25, 0.3) is 10.1 Å². The Morgan fingerprint density at radius 2 is 2.00 bits per heavy atom. The van der Waals surface area contributed by atoms with Crippen LogP contribution in [0.25, 0.3) is 0 Å². The maximum Gasteiger partial charge on any atom is 0.264 e. The van der Waals surface area contributed by atoms with Crippen molar-refractivity contribution >= 4 is 27.7 Å². The van der Waals surface area contributed by atoms with Gasteiger partial charge >= 0.3 is 0 Å². The number of piperidine rings is 1. The summed E-state index contributed by atoms with van der Waals surface area (Å²) in [5.41, 5.74) is 1.92. The lowest BCUT2D eigenvalue weighted by Crippen LogP contribution is -2.36. The van der Waals surface area contributed by atoms with Crippen LogP contribution in [-0.4, -0.2) is 59.8 Å². The minimum Gasteiger partial charge on any atom is -0.356 e. The van der Waals surface area contributed by atoms with Gasteiger partial charge in [0.05, 0.1) is 18.6 Å². The molecule has 0 spiro atoms. The van der Waals surface area contributed by atoms with E-state index in [2.05, 4.69) is 20.2 Å². The van der Waals surface area contributed by atoms with E-state index in [0.29, 0.717) is 18.8 Å². The Balaban J connectivity index is 1.46. The van der Waals surface area contributed by atoms with Crippen molar-refractivity contribution in [1.82, 2.24) is 19.5 Å². The van der Waals surface area contributed by atoms with Crippen LogP contribution in [0.5, 0.6) is 0 Å². The van der Waals surface area contributed by atoms with Gasteiger partial charge < -0.3 is 14.8 Å². The Kier molecular flexibility index (Phi) is 5.98. The largest absolute Gasteiger partial charge is 0.356 e. The van der Waals surface area contributed by atoms with Crippen LogP contribution in [0.3, 0.4) is 0 Å². The molecule has 2 aliphatic heterocycles. The maximum absolute atomic E-state index is 11.9. The highest BCUT2D eigenvalue weighted by Gasteiger charge is 2.31. The third-order valence-electron chi connectivity index (χ3n) is 5.82. The number of rotatable bonds is 6. The summed E-state index contributed by atoms with van der Waals surface area (Å²) < 4.78 is 29.4. The van der Waals surface area contributed by atoms with Crippen molar-refractivity contribution in [2.75, 3.05) is 36.2 Å². The second kappa shape index (κ2) is 8.54. The number of hydrogen-bond donors (Lipinski definition) is 1. The highest BCUT2D eigenvalue weighted by Crippen LogP contribution is 2.38. The van der Waals surface area contributed by atoms with Crippen molar-refractivity contribution < 1.29 is 17.4 Å². The Morgan fingerprint density at radius 1 is 1.26 bits per heavy atom. The predicted octanol–water partition coefficient (Wildman–Crippen LogP) is 1.79. The summed E-state index contributed by atoms with van der Waals surface area (Å²) in [6.07, 6.45) is 6.76. The Bertz CT molecular complexity index is 1080. The molecule has 2 aromatic heterocycles. The summed E-state index contributed by atoms with van der Waals surface area (Å²) in [5, 5.41) is 2.86. The number of nitrogens with zero attached hydrogens (tertiary/aromatic N) is 5. The summed E-state index contributed by atoms with van der Waals surface area (Å²) in [4.78, 5) is 27.6. The number of hydrogen-bond acceptors (Lipinski definition) is 8. The zero-order valence-corrected chi connectivity index (χ0v) is 18.9. The first-order chi connectivity index (χ1) is 14.7. The summed E-state index contributed by atoms with van der Waals surface area (Å²) in [6, 6.07) is 0. The zero-order valence-electron chi connectivity index (χ0n) is 18.0. The molecule has 168 valence electrons. The van der Waals surface area contributed by atoms with Crippen molar-refractivity contribution in [3.8, 4) is 0 Å². The van der Waals surface area contributed by atoms with E-state index in [1.807, 2.05) is 24.6 Å². The summed E-state index contributed by atoms with van der Waals surface area (Å²) in [7, 11) is -3.46. The van der Waals surface area contributed by atoms with Gasteiger partial charge in [0.2, 0.25) is 5.91 Å². The molecule has 1 fully saturated rings. The SMILES string of the molecule is Cc1cn(CCOS(C)(=O)=O)c(C2CCN(c3ncnc4c3C(C)CC(=O)N4)CC2)n1. The molecule has 0 saturated carbocycles.